The molecule has 0 bridgehead atoms. The van der Waals surface area contributed by atoms with E-state index in [9.17, 15) is 4.79 Å². The van der Waals surface area contributed by atoms with Crippen molar-refractivity contribution < 1.29 is 9.90 Å². The molecule has 3 N–H and O–H groups in total. The van der Waals surface area contributed by atoms with Gasteiger partial charge >= 0.3 is 5.97 Å². The molecule has 3 heteroatoms. The summed E-state index contributed by atoms with van der Waals surface area (Å²) in [4.78, 5) is 11.0. The second-order valence-corrected chi connectivity index (χ2v) is 3.98. The summed E-state index contributed by atoms with van der Waals surface area (Å²) in [6, 6.07) is 13.0. The minimum atomic E-state index is -1.00. The summed E-state index contributed by atoms with van der Waals surface area (Å²) in [5.41, 5.74) is 9.04. The Bertz CT molecular complexity index is 576. The molecule has 0 aliphatic heterocycles. The number of anilines is 1. The van der Waals surface area contributed by atoms with Gasteiger partial charge in [-0.3, -0.25) is 0 Å². The molecule has 0 heterocycles. The zero-order valence-electron chi connectivity index (χ0n) is 9.47. The smallest absolute Gasteiger partial charge is 0.337 e. The Labute approximate surface area is 99.5 Å². The molecule has 0 amide bonds. The van der Waals surface area contributed by atoms with E-state index in [0.29, 0.717) is 0 Å². The molecule has 0 fully saturated rings. The third-order valence-electron chi connectivity index (χ3n) is 2.64. The van der Waals surface area contributed by atoms with Crippen molar-refractivity contribution in [2.24, 2.45) is 0 Å². The van der Waals surface area contributed by atoms with Crippen LogP contribution >= 0.6 is 0 Å². The van der Waals surface area contributed by atoms with Gasteiger partial charge in [-0.15, -0.1) is 0 Å². The molecule has 0 saturated carbocycles. The van der Waals surface area contributed by atoms with E-state index in [0.717, 1.165) is 16.7 Å². The summed E-state index contributed by atoms with van der Waals surface area (Å²) in [6.45, 7) is 2.00. The van der Waals surface area contributed by atoms with Crippen LogP contribution in [0.5, 0.6) is 0 Å². The van der Waals surface area contributed by atoms with Crippen molar-refractivity contribution in [2.75, 3.05) is 5.73 Å². The minimum absolute atomic E-state index is 0.143. The Morgan fingerprint density at radius 1 is 1.12 bits per heavy atom. The van der Waals surface area contributed by atoms with Gasteiger partial charge in [0.1, 0.15) is 0 Å². The van der Waals surface area contributed by atoms with E-state index in [1.54, 1.807) is 12.1 Å². The Morgan fingerprint density at radius 2 is 1.82 bits per heavy atom. The van der Waals surface area contributed by atoms with E-state index < -0.39 is 5.97 Å². The van der Waals surface area contributed by atoms with Crippen molar-refractivity contribution in [3.8, 4) is 11.1 Å². The number of aryl methyl sites for hydroxylation is 1. The van der Waals surface area contributed by atoms with Gasteiger partial charge in [-0.05, 0) is 30.2 Å². The molecule has 0 radical (unpaired) electrons. The van der Waals surface area contributed by atoms with E-state index in [1.807, 2.05) is 37.3 Å². The van der Waals surface area contributed by atoms with Crippen molar-refractivity contribution in [1.82, 2.24) is 0 Å². The Kier molecular flexibility index (Phi) is 2.83. The number of nitrogen functional groups attached to an aromatic ring is 1. The summed E-state index contributed by atoms with van der Waals surface area (Å²) in [5.74, 6) is -1.00. The fourth-order valence-electron chi connectivity index (χ4n) is 1.75. The van der Waals surface area contributed by atoms with Gasteiger partial charge in [0.2, 0.25) is 0 Å². The molecule has 2 aromatic carbocycles. The zero-order chi connectivity index (χ0) is 12.4. The lowest BCUT2D eigenvalue weighted by molar-refractivity contribution is 0.0698. The largest absolute Gasteiger partial charge is 0.478 e. The summed E-state index contributed by atoms with van der Waals surface area (Å²) < 4.78 is 0. The average molecular weight is 227 g/mol. The predicted octanol–water partition coefficient (Wildman–Crippen LogP) is 2.94. The minimum Gasteiger partial charge on any atom is -0.478 e. The van der Waals surface area contributed by atoms with Gasteiger partial charge < -0.3 is 10.8 Å². The highest BCUT2D eigenvalue weighted by Gasteiger charge is 2.09. The maximum absolute atomic E-state index is 11.0. The van der Waals surface area contributed by atoms with Gasteiger partial charge in [-0.25, -0.2) is 4.79 Å². The Balaban J connectivity index is 2.54. The van der Waals surface area contributed by atoms with Crippen LogP contribution < -0.4 is 5.73 Å². The fraction of sp³-hybridized carbons (Fsp3) is 0.0714. The Morgan fingerprint density at radius 3 is 2.47 bits per heavy atom. The number of carboxylic acid groups (broad SMARTS) is 1. The SMILES string of the molecule is Cc1cccc(-c2ccc(N)c(C(=O)O)c2)c1. The van der Waals surface area contributed by atoms with Crippen LogP contribution in [0.4, 0.5) is 5.69 Å². The quantitative estimate of drug-likeness (QED) is 0.775. The van der Waals surface area contributed by atoms with Crippen molar-refractivity contribution in [1.29, 1.82) is 0 Å². The molecular weight excluding hydrogens is 214 g/mol. The van der Waals surface area contributed by atoms with Gasteiger partial charge in [0.05, 0.1) is 5.56 Å². The van der Waals surface area contributed by atoms with Crippen LogP contribution in [0.3, 0.4) is 0 Å². The van der Waals surface area contributed by atoms with Gasteiger partial charge in [0, 0.05) is 5.69 Å². The third kappa shape index (κ3) is 2.28. The molecule has 2 aromatic rings. The second-order valence-electron chi connectivity index (χ2n) is 3.98. The molecule has 17 heavy (non-hydrogen) atoms. The molecule has 0 aromatic heterocycles. The molecule has 0 aliphatic rings. The van der Waals surface area contributed by atoms with Crippen molar-refractivity contribution in [3.05, 3.63) is 53.6 Å². The van der Waals surface area contributed by atoms with Crippen LogP contribution in [0.1, 0.15) is 15.9 Å². The lowest BCUT2D eigenvalue weighted by Gasteiger charge is -2.06. The standard InChI is InChI=1S/C14H13NO2/c1-9-3-2-4-10(7-9)11-5-6-13(15)12(8-11)14(16)17/h2-8H,15H2,1H3,(H,16,17). The highest BCUT2D eigenvalue weighted by atomic mass is 16.4. The maximum Gasteiger partial charge on any atom is 0.337 e. The normalized spacial score (nSPS) is 10.2. The first-order valence-corrected chi connectivity index (χ1v) is 5.28. The van der Waals surface area contributed by atoms with Gasteiger partial charge in [0.25, 0.3) is 0 Å². The van der Waals surface area contributed by atoms with Crippen LogP contribution in [-0.4, -0.2) is 11.1 Å². The number of hydrogen-bond donors (Lipinski definition) is 2. The van der Waals surface area contributed by atoms with Gasteiger partial charge in [-0.1, -0.05) is 35.9 Å². The van der Waals surface area contributed by atoms with E-state index in [1.165, 1.54) is 0 Å². The highest BCUT2D eigenvalue weighted by Crippen LogP contribution is 2.24. The highest BCUT2D eigenvalue weighted by molar-refractivity contribution is 5.95. The van der Waals surface area contributed by atoms with Gasteiger partial charge in [-0.2, -0.15) is 0 Å². The number of nitrogens with two attached hydrogens (primary N) is 1. The molecule has 0 aliphatic carbocycles. The molecule has 0 saturated heterocycles. The summed E-state index contributed by atoms with van der Waals surface area (Å²) in [7, 11) is 0. The van der Waals surface area contributed by atoms with Crippen LogP contribution in [0.2, 0.25) is 0 Å². The van der Waals surface area contributed by atoms with Crippen LogP contribution in [-0.2, 0) is 0 Å². The van der Waals surface area contributed by atoms with E-state index >= 15 is 0 Å². The topological polar surface area (TPSA) is 63.3 Å². The first kappa shape index (κ1) is 11.2. The van der Waals surface area contributed by atoms with Crippen molar-refractivity contribution in [3.63, 3.8) is 0 Å². The zero-order valence-corrected chi connectivity index (χ0v) is 9.47. The second kappa shape index (κ2) is 4.29. The summed E-state index contributed by atoms with van der Waals surface area (Å²) in [6.07, 6.45) is 0. The van der Waals surface area contributed by atoms with Crippen LogP contribution in [0.15, 0.2) is 42.5 Å². The maximum atomic E-state index is 11.0. The third-order valence-corrected chi connectivity index (χ3v) is 2.64. The monoisotopic (exact) mass is 227 g/mol. The van der Waals surface area contributed by atoms with Crippen molar-refractivity contribution in [2.45, 2.75) is 6.92 Å². The molecular formula is C14H13NO2. The first-order chi connectivity index (χ1) is 8.08. The van der Waals surface area contributed by atoms with Gasteiger partial charge in [0.15, 0.2) is 0 Å². The molecule has 0 atom stereocenters. The number of aromatic carboxylic acids is 1. The molecule has 86 valence electrons. The average Bonchev–Trinajstić information content (AvgIpc) is 2.29. The number of benzene rings is 2. The number of rotatable bonds is 2. The number of hydrogen-bond acceptors (Lipinski definition) is 2. The van der Waals surface area contributed by atoms with E-state index in [-0.39, 0.29) is 11.3 Å². The van der Waals surface area contributed by atoms with Crippen LogP contribution in [0.25, 0.3) is 11.1 Å². The summed E-state index contributed by atoms with van der Waals surface area (Å²) in [5, 5.41) is 9.01. The molecule has 2 rings (SSSR count). The van der Waals surface area contributed by atoms with Crippen LogP contribution in [0, 0.1) is 6.92 Å². The number of carboxylic acids is 1. The molecule has 0 unspecified atom stereocenters. The van der Waals surface area contributed by atoms with Crippen molar-refractivity contribution >= 4 is 11.7 Å². The predicted molar refractivity (Wildman–Crippen MR) is 68.0 cm³/mol. The van der Waals surface area contributed by atoms with E-state index in [2.05, 4.69) is 0 Å². The Hall–Kier alpha value is -2.29. The first-order valence-electron chi connectivity index (χ1n) is 5.28. The number of carbonyl (C=O) groups is 1. The fourth-order valence-corrected chi connectivity index (χ4v) is 1.75. The van der Waals surface area contributed by atoms with E-state index in [4.69, 9.17) is 10.8 Å². The molecule has 0 spiro atoms. The molecule has 3 nitrogen and oxygen atoms in total. The summed E-state index contributed by atoms with van der Waals surface area (Å²) >= 11 is 0. The lowest BCUT2D eigenvalue weighted by atomic mass is 10.0. The lowest BCUT2D eigenvalue weighted by Crippen LogP contribution is -2.02.